The number of aryl methyl sites for hydroxylation is 1. The molecule has 3 aromatic carbocycles. The van der Waals surface area contributed by atoms with E-state index in [0.717, 1.165) is 20.1 Å². The van der Waals surface area contributed by atoms with E-state index in [1.165, 1.54) is 18.1 Å². The van der Waals surface area contributed by atoms with Gasteiger partial charge in [-0.05, 0) is 66.2 Å². The van der Waals surface area contributed by atoms with Crippen molar-refractivity contribution in [2.24, 2.45) is 0 Å². The molecule has 1 heterocycles. The lowest BCUT2D eigenvalue weighted by atomic mass is 10.0. The van der Waals surface area contributed by atoms with Crippen LogP contribution < -0.4 is 19.7 Å². The summed E-state index contributed by atoms with van der Waals surface area (Å²) in [6.07, 6.45) is 2.24. The van der Waals surface area contributed by atoms with Gasteiger partial charge in [0.15, 0.2) is 16.6 Å². The Labute approximate surface area is 231 Å². The van der Waals surface area contributed by atoms with Crippen LogP contribution in [-0.2, 0) is 22.6 Å². The quantitative estimate of drug-likeness (QED) is 0.192. The van der Waals surface area contributed by atoms with Crippen molar-refractivity contribution in [2.75, 3.05) is 12.0 Å². The number of para-hydroxylation sites is 1. The minimum absolute atomic E-state index is 0.0241. The average Bonchev–Trinajstić information content (AvgIpc) is 2.86. The number of amides is 2. The first kappa shape index (κ1) is 26.1. The van der Waals surface area contributed by atoms with Crippen LogP contribution in [0.4, 0.5) is 5.69 Å². The van der Waals surface area contributed by atoms with Crippen LogP contribution in [0.25, 0.3) is 6.08 Å². The van der Waals surface area contributed by atoms with Crippen molar-refractivity contribution in [3.8, 4) is 11.5 Å². The number of carbonyl (C=O) groups is 2. The maximum absolute atomic E-state index is 13.4. The van der Waals surface area contributed by atoms with E-state index in [2.05, 4.69) is 37.2 Å². The van der Waals surface area contributed by atoms with E-state index in [-0.39, 0.29) is 10.7 Å². The van der Waals surface area contributed by atoms with Crippen molar-refractivity contribution in [2.45, 2.75) is 20.0 Å². The second kappa shape index (κ2) is 11.4. The summed E-state index contributed by atoms with van der Waals surface area (Å²) in [6.45, 7) is 2.33. The van der Waals surface area contributed by atoms with Gasteiger partial charge in [0, 0.05) is 14.5 Å². The summed E-state index contributed by atoms with van der Waals surface area (Å²) in [5, 5.41) is 2.69. The van der Waals surface area contributed by atoms with Crippen molar-refractivity contribution in [1.29, 1.82) is 0 Å². The Balaban J connectivity index is 1.61. The zero-order valence-corrected chi connectivity index (χ0v) is 23.5. The molecule has 4 rings (SSSR count). The zero-order valence-electron chi connectivity index (χ0n) is 19.5. The molecule has 184 valence electrons. The number of halogens is 2. The van der Waals surface area contributed by atoms with Crippen molar-refractivity contribution in [3.63, 3.8) is 0 Å². The Hall–Kier alpha value is -3.01. The highest BCUT2D eigenvalue weighted by molar-refractivity contribution is 9.11. The topological polar surface area (TPSA) is 67.9 Å². The zero-order chi connectivity index (χ0) is 25.8. The molecule has 1 N–H and O–H groups in total. The van der Waals surface area contributed by atoms with E-state index in [0.29, 0.717) is 35.8 Å². The Morgan fingerprint density at radius 3 is 2.50 bits per heavy atom. The van der Waals surface area contributed by atoms with Gasteiger partial charge in [-0.1, -0.05) is 69.1 Å². The number of rotatable bonds is 7. The highest BCUT2D eigenvalue weighted by Gasteiger charge is 2.35. The van der Waals surface area contributed by atoms with Gasteiger partial charge in [-0.3, -0.25) is 19.8 Å². The summed E-state index contributed by atoms with van der Waals surface area (Å²) in [7, 11) is 1.54. The van der Waals surface area contributed by atoms with Crippen molar-refractivity contribution in [1.82, 2.24) is 5.32 Å². The van der Waals surface area contributed by atoms with Crippen LogP contribution in [0.5, 0.6) is 11.5 Å². The molecule has 0 unspecified atom stereocenters. The smallest absolute Gasteiger partial charge is 0.270 e. The number of benzene rings is 3. The van der Waals surface area contributed by atoms with E-state index in [1.807, 2.05) is 49.4 Å². The molecule has 0 bridgehead atoms. The van der Waals surface area contributed by atoms with Gasteiger partial charge in [0.25, 0.3) is 11.8 Å². The van der Waals surface area contributed by atoms with Gasteiger partial charge in [0.05, 0.1) is 12.8 Å². The molecule has 1 aliphatic rings. The SMILES string of the molecule is CCc1ccccc1N1C(=O)/C(=C/c2ccc(OCc3ccc(Br)cc3Br)c(OC)c2)C(=O)NC1=S. The summed E-state index contributed by atoms with van der Waals surface area (Å²) in [5.74, 6) is -0.0165. The first-order valence-corrected chi connectivity index (χ1v) is 13.1. The number of hydrogen-bond donors (Lipinski definition) is 1. The molecule has 6 nitrogen and oxygen atoms in total. The third-order valence-electron chi connectivity index (χ3n) is 5.61. The van der Waals surface area contributed by atoms with E-state index in [1.54, 1.807) is 18.2 Å². The average molecular weight is 630 g/mol. The molecule has 1 fully saturated rings. The van der Waals surface area contributed by atoms with Crippen LogP contribution in [0.3, 0.4) is 0 Å². The number of ether oxygens (including phenoxy) is 2. The number of thiocarbonyl (C=S) groups is 1. The molecule has 0 aromatic heterocycles. The molecular weight excluding hydrogens is 608 g/mol. The molecule has 0 spiro atoms. The molecule has 1 saturated heterocycles. The molecular formula is C27H22Br2N2O4S. The normalized spacial score (nSPS) is 14.7. The standard InChI is InChI=1S/C27H22Br2N2O4S/c1-3-17-6-4-5-7-22(17)31-26(33)20(25(32)30-27(31)36)12-16-8-11-23(24(13-16)34-2)35-15-18-9-10-19(28)14-21(18)29/h4-14H,3,15H2,1-2H3,(H,30,32,36)/b20-12+. The number of carbonyl (C=O) groups excluding carboxylic acids is 2. The fraction of sp³-hybridized carbons (Fsp3) is 0.148. The summed E-state index contributed by atoms with van der Waals surface area (Å²) in [6, 6.07) is 18.6. The van der Waals surface area contributed by atoms with Crippen LogP contribution in [0.1, 0.15) is 23.6 Å². The lowest BCUT2D eigenvalue weighted by molar-refractivity contribution is -0.122. The van der Waals surface area contributed by atoms with Crippen molar-refractivity contribution < 1.29 is 19.1 Å². The second-order valence-corrected chi connectivity index (χ2v) is 10.0. The van der Waals surface area contributed by atoms with Crippen LogP contribution in [-0.4, -0.2) is 24.0 Å². The molecule has 3 aromatic rings. The van der Waals surface area contributed by atoms with Gasteiger partial charge in [-0.15, -0.1) is 0 Å². The monoisotopic (exact) mass is 628 g/mol. The molecule has 36 heavy (non-hydrogen) atoms. The molecule has 0 atom stereocenters. The minimum Gasteiger partial charge on any atom is -0.493 e. The maximum atomic E-state index is 13.4. The number of nitrogens with one attached hydrogen (secondary N) is 1. The first-order valence-electron chi connectivity index (χ1n) is 11.1. The van der Waals surface area contributed by atoms with Crippen LogP contribution in [0.2, 0.25) is 0 Å². The van der Waals surface area contributed by atoms with Gasteiger partial charge in [0.2, 0.25) is 0 Å². The first-order chi connectivity index (χ1) is 17.3. The summed E-state index contributed by atoms with van der Waals surface area (Å²) >= 11 is 12.3. The maximum Gasteiger partial charge on any atom is 0.270 e. The van der Waals surface area contributed by atoms with E-state index < -0.39 is 11.8 Å². The fourth-order valence-corrected chi connectivity index (χ4v) is 5.19. The molecule has 1 aliphatic heterocycles. The number of anilines is 1. The Bertz CT molecular complexity index is 1390. The van der Waals surface area contributed by atoms with E-state index >= 15 is 0 Å². The highest BCUT2D eigenvalue weighted by Crippen LogP contribution is 2.32. The lowest BCUT2D eigenvalue weighted by Gasteiger charge is -2.30. The van der Waals surface area contributed by atoms with Crippen molar-refractivity contribution in [3.05, 3.63) is 91.9 Å². The van der Waals surface area contributed by atoms with E-state index in [4.69, 9.17) is 21.7 Å². The Morgan fingerprint density at radius 1 is 1.00 bits per heavy atom. The molecule has 9 heteroatoms. The Kier molecular flexibility index (Phi) is 8.23. The highest BCUT2D eigenvalue weighted by atomic mass is 79.9. The molecule has 0 saturated carbocycles. The van der Waals surface area contributed by atoms with Crippen LogP contribution >= 0.6 is 44.1 Å². The van der Waals surface area contributed by atoms with Crippen LogP contribution in [0.15, 0.2) is 75.2 Å². The minimum atomic E-state index is -0.547. The third kappa shape index (κ3) is 5.53. The molecule has 0 aliphatic carbocycles. The number of methoxy groups -OCH3 is 1. The van der Waals surface area contributed by atoms with Gasteiger partial charge >= 0.3 is 0 Å². The second-order valence-electron chi connectivity index (χ2n) is 7.87. The van der Waals surface area contributed by atoms with Crippen LogP contribution in [0, 0.1) is 0 Å². The van der Waals surface area contributed by atoms with Gasteiger partial charge in [-0.2, -0.15) is 0 Å². The van der Waals surface area contributed by atoms with Gasteiger partial charge < -0.3 is 9.47 Å². The fourth-order valence-electron chi connectivity index (χ4n) is 3.76. The van der Waals surface area contributed by atoms with Gasteiger partial charge in [0.1, 0.15) is 12.2 Å². The Morgan fingerprint density at radius 2 is 1.78 bits per heavy atom. The largest absolute Gasteiger partial charge is 0.493 e. The predicted molar refractivity (Wildman–Crippen MR) is 151 cm³/mol. The van der Waals surface area contributed by atoms with Gasteiger partial charge in [-0.25, -0.2) is 0 Å². The molecule has 0 radical (unpaired) electrons. The lowest BCUT2D eigenvalue weighted by Crippen LogP contribution is -2.54. The van der Waals surface area contributed by atoms with E-state index in [9.17, 15) is 9.59 Å². The number of nitrogens with zero attached hydrogens (tertiary/aromatic N) is 1. The van der Waals surface area contributed by atoms with Crippen molar-refractivity contribution >= 4 is 72.8 Å². The number of hydrogen-bond acceptors (Lipinski definition) is 5. The third-order valence-corrected chi connectivity index (χ3v) is 7.13. The summed E-state index contributed by atoms with van der Waals surface area (Å²) in [5.41, 5.74) is 3.16. The predicted octanol–water partition coefficient (Wildman–Crippen LogP) is 6.19. The summed E-state index contributed by atoms with van der Waals surface area (Å²) < 4.78 is 13.4. The molecule has 2 amide bonds. The summed E-state index contributed by atoms with van der Waals surface area (Å²) in [4.78, 5) is 27.5.